The first-order chi connectivity index (χ1) is 11.2. The summed E-state index contributed by atoms with van der Waals surface area (Å²) in [6, 6.07) is 8.86. The molecule has 0 spiro atoms. The third kappa shape index (κ3) is 5.63. The number of hydrazone groups is 1. The molecule has 23 heavy (non-hydrogen) atoms. The second-order valence-electron chi connectivity index (χ2n) is 4.27. The Bertz CT molecular complexity index is 696. The van der Waals surface area contributed by atoms with E-state index in [-0.39, 0.29) is 12.5 Å². The summed E-state index contributed by atoms with van der Waals surface area (Å²) in [6.45, 7) is -0.169. The van der Waals surface area contributed by atoms with Crippen molar-refractivity contribution in [2.45, 2.75) is 0 Å². The molecule has 120 valence electrons. The fourth-order valence-corrected chi connectivity index (χ4v) is 1.95. The van der Waals surface area contributed by atoms with E-state index in [1.54, 1.807) is 42.7 Å². The fraction of sp³-hybridized carbons (Fsp3) is 0.125. The highest BCUT2D eigenvalue weighted by Gasteiger charge is 2.07. The molecule has 7 heteroatoms. The summed E-state index contributed by atoms with van der Waals surface area (Å²) in [6.07, 6.45) is 6.39. The number of ether oxygens (including phenoxy) is 2. The molecular formula is C16H15BrN2O4. The molecule has 0 aliphatic heterocycles. The molecule has 2 aromatic rings. The number of allylic oxidation sites excluding steroid dienone is 1. The van der Waals surface area contributed by atoms with Gasteiger partial charge in [0.1, 0.15) is 5.76 Å². The number of carbonyl (C=O) groups excluding carboxylic acids is 1. The summed E-state index contributed by atoms with van der Waals surface area (Å²) in [5, 5.41) is 3.77. The second-order valence-corrected chi connectivity index (χ2v) is 5.19. The SMILES string of the molecule is COc1cc(Br)ccc1OCC(=O)N/N=C\C=C\c1ccco1. The maximum atomic E-state index is 11.6. The topological polar surface area (TPSA) is 73.1 Å². The molecule has 1 amide bonds. The minimum atomic E-state index is -0.377. The zero-order valence-electron chi connectivity index (χ0n) is 12.4. The van der Waals surface area contributed by atoms with Crippen LogP contribution < -0.4 is 14.9 Å². The van der Waals surface area contributed by atoms with Gasteiger partial charge in [0, 0.05) is 10.7 Å². The Labute approximate surface area is 141 Å². The van der Waals surface area contributed by atoms with Crippen LogP contribution in [0.5, 0.6) is 11.5 Å². The van der Waals surface area contributed by atoms with Crippen LogP contribution in [0.2, 0.25) is 0 Å². The normalized spacial score (nSPS) is 11.0. The lowest BCUT2D eigenvalue weighted by atomic mass is 10.3. The standard InChI is InChI=1S/C16H15BrN2O4/c1-21-15-10-12(17)6-7-14(15)23-11-16(20)19-18-8-2-4-13-5-3-9-22-13/h2-10H,11H2,1H3,(H,19,20)/b4-2+,18-8-. The van der Waals surface area contributed by atoms with E-state index in [1.807, 2.05) is 6.07 Å². The number of hydrogen-bond acceptors (Lipinski definition) is 5. The Kier molecular flexibility index (Phi) is 6.43. The molecule has 0 fully saturated rings. The Hall–Kier alpha value is -2.54. The molecule has 1 heterocycles. The van der Waals surface area contributed by atoms with Crippen LogP contribution in [-0.4, -0.2) is 25.8 Å². The first kappa shape index (κ1) is 16.8. The van der Waals surface area contributed by atoms with E-state index in [4.69, 9.17) is 13.9 Å². The average molecular weight is 379 g/mol. The van der Waals surface area contributed by atoms with Crippen LogP contribution in [0.25, 0.3) is 6.08 Å². The molecule has 1 N–H and O–H groups in total. The number of benzene rings is 1. The molecule has 0 bridgehead atoms. The zero-order valence-corrected chi connectivity index (χ0v) is 13.9. The van der Waals surface area contributed by atoms with Crippen LogP contribution in [-0.2, 0) is 4.79 Å². The average Bonchev–Trinajstić information content (AvgIpc) is 3.06. The first-order valence-electron chi connectivity index (χ1n) is 6.67. The summed E-state index contributed by atoms with van der Waals surface area (Å²) in [7, 11) is 1.53. The van der Waals surface area contributed by atoms with Crippen LogP contribution in [0.3, 0.4) is 0 Å². The molecule has 1 aromatic heterocycles. The van der Waals surface area contributed by atoms with Gasteiger partial charge in [-0.15, -0.1) is 0 Å². The maximum absolute atomic E-state index is 11.6. The van der Waals surface area contributed by atoms with Gasteiger partial charge in [-0.2, -0.15) is 5.10 Å². The maximum Gasteiger partial charge on any atom is 0.277 e. The van der Waals surface area contributed by atoms with E-state index < -0.39 is 0 Å². The highest BCUT2D eigenvalue weighted by Crippen LogP contribution is 2.29. The van der Waals surface area contributed by atoms with E-state index in [2.05, 4.69) is 26.5 Å². The number of amides is 1. The number of methoxy groups -OCH3 is 1. The predicted octanol–water partition coefficient (Wildman–Crippen LogP) is 3.24. The molecular weight excluding hydrogens is 364 g/mol. The molecule has 0 radical (unpaired) electrons. The van der Waals surface area contributed by atoms with E-state index in [1.165, 1.54) is 13.3 Å². The van der Waals surface area contributed by atoms with Gasteiger partial charge in [-0.25, -0.2) is 5.43 Å². The summed E-state index contributed by atoms with van der Waals surface area (Å²) in [4.78, 5) is 11.6. The third-order valence-electron chi connectivity index (χ3n) is 2.64. The van der Waals surface area contributed by atoms with Gasteiger partial charge in [0.05, 0.1) is 13.4 Å². The summed E-state index contributed by atoms with van der Waals surface area (Å²) in [5.41, 5.74) is 2.36. The first-order valence-corrected chi connectivity index (χ1v) is 7.47. The van der Waals surface area contributed by atoms with Crippen molar-refractivity contribution in [2.24, 2.45) is 5.10 Å². The van der Waals surface area contributed by atoms with E-state index in [0.29, 0.717) is 17.3 Å². The molecule has 0 unspecified atom stereocenters. The molecule has 0 aliphatic rings. The van der Waals surface area contributed by atoms with Crippen LogP contribution in [0, 0.1) is 0 Å². The lowest BCUT2D eigenvalue weighted by molar-refractivity contribution is -0.123. The van der Waals surface area contributed by atoms with Crippen molar-refractivity contribution >= 4 is 34.1 Å². The highest BCUT2D eigenvalue weighted by atomic mass is 79.9. The molecule has 6 nitrogen and oxygen atoms in total. The molecule has 0 aliphatic carbocycles. The number of nitrogens with one attached hydrogen (secondary N) is 1. The second kappa shape index (κ2) is 8.79. The minimum absolute atomic E-state index is 0.169. The molecule has 1 aromatic carbocycles. The number of rotatable bonds is 7. The van der Waals surface area contributed by atoms with Crippen molar-refractivity contribution in [2.75, 3.05) is 13.7 Å². The van der Waals surface area contributed by atoms with E-state index in [0.717, 1.165) is 4.47 Å². The lowest BCUT2D eigenvalue weighted by Crippen LogP contribution is -2.24. The fourth-order valence-electron chi connectivity index (χ4n) is 1.61. The van der Waals surface area contributed by atoms with Gasteiger partial charge in [-0.1, -0.05) is 15.9 Å². The monoisotopic (exact) mass is 378 g/mol. The lowest BCUT2D eigenvalue weighted by Gasteiger charge is -2.09. The van der Waals surface area contributed by atoms with Crippen LogP contribution in [0.4, 0.5) is 0 Å². The van der Waals surface area contributed by atoms with Crippen molar-refractivity contribution in [3.8, 4) is 11.5 Å². The zero-order chi connectivity index (χ0) is 16.5. The largest absolute Gasteiger partial charge is 0.493 e. The van der Waals surface area contributed by atoms with Crippen LogP contribution in [0.1, 0.15) is 5.76 Å². The van der Waals surface area contributed by atoms with Gasteiger partial charge < -0.3 is 13.9 Å². The van der Waals surface area contributed by atoms with Gasteiger partial charge in [0.15, 0.2) is 18.1 Å². The van der Waals surface area contributed by atoms with E-state index in [9.17, 15) is 4.79 Å². The van der Waals surface area contributed by atoms with E-state index >= 15 is 0 Å². The van der Waals surface area contributed by atoms with Gasteiger partial charge in [-0.3, -0.25) is 4.79 Å². The summed E-state index contributed by atoms with van der Waals surface area (Å²) in [5.74, 6) is 1.34. The number of halogens is 1. The highest BCUT2D eigenvalue weighted by molar-refractivity contribution is 9.10. The van der Waals surface area contributed by atoms with Crippen molar-refractivity contribution < 1.29 is 18.7 Å². The van der Waals surface area contributed by atoms with Crippen molar-refractivity contribution in [3.05, 3.63) is 52.9 Å². The van der Waals surface area contributed by atoms with Gasteiger partial charge in [0.25, 0.3) is 5.91 Å². The Morgan fingerprint density at radius 3 is 3.00 bits per heavy atom. The molecule has 0 atom stereocenters. The van der Waals surface area contributed by atoms with Crippen molar-refractivity contribution in [1.29, 1.82) is 0 Å². The Morgan fingerprint density at radius 1 is 1.39 bits per heavy atom. The number of nitrogens with zero attached hydrogens (tertiary/aromatic N) is 1. The number of hydrogen-bond donors (Lipinski definition) is 1. The minimum Gasteiger partial charge on any atom is -0.493 e. The quantitative estimate of drug-likeness (QED) is 0.592. The Morgan fingerprint density at radius 2 is 2.26 bits per heavy atom. The predicted molar refractivity (Wildman–Crippen MR) is 90.6 cm³/mol. The molecule has 0 saturated heterocycles. The smallest absolute Gasteiger partial charge is 0.277 e. The summed E-state index contributed by atoms with van der Waals surface area (Å²) >= 11 is 3.33. The Balaban J connectivity index is 1.77. The van der Waals surface area contributed by atoms with Gasteiger partial charge >= 0.3 is 0 Å². The molecule has 2 rings (SSSR count). The van der Waals surface area contributed by atoms with Gasteiger partial charge in [0.2, 0.25) is 0 Å². The van der Waals surface area contributed by atoms with Crippen molar-refractivity contribution in [1.82, 2.24) is 5.43 Å². The number of furan rings is 1. The van der Waals surface area contributed by atoms with Gasteiger partial charge in [-0.05, 0) is 42.5 Å². The molecule has 0 saturated carbocycles. The summed E-state index contributed by atoms with van der Waals surface area (Å²) < 4.78 is 16.5. The van der Waals surface area contributed by atoms with Crippen LogP contribution in [0.15, 0.2) is 56.7 Å². The van der Waals surface area contributed by atoms with Crippen molar-refractivity contribution in [3.63, 3.8) is 0 Å². The number of carbonyl (C=O) groups is 1. The third-order valence-corrected chi connectivity index (χ3v) is 3.13. The van der Waals surface area contributed by atoms with Crippen LogP contribution >= 0.6 is 15.9 Å².